The number of nitrogens with one attached hydrogen (secondary N) is 1. The summed E-state index contributed by atoms with van der Waals surface area (Å²) >= 11 is 1.76. The minimum atomic E-state index is 0.0414. The van der Waals surface area contributed by atoms with Crippen molar-refractivity contribution in [2.75, 3.05) is 19.6 Å². The molecule has 1 aliphatic heterocycles. The Kier molecular flexibility index (Phi) is 3.81. The Morgan fingerprint density at radius 2 is 2.06 bits per heavy atom. The molecule has 1 saturated heterocycles. The molecular formula is C14H25N3S. The van der Waals surface area contributed by atoms with Gasteiger partial charge in [-0.2, -0.15) is 0 Å². The molecule has 1 aromatic rings. The maximum Gasteiger partial charge on any atom is 0.112 e. The van der Waals surface area contributed by atoms with Crippen LogP contribution in [0, 0.1) is 5.41 Å². The van der Waals surface area contributed by atoms with Gasteiger partial charge in [0.25, 0.3) is 0 Å². The van der Waals surface area contributed by atoms with Crippen molar-refractivity contribution in [2.45, 2.75) is 46.2 Å². The van der Waals surface area contributed by atoms with E-state index in [1.807, 2.05) is 6.20 Å². The number of hydrogen-bond donors (Lipinski definition) is 1. The molecule has 2 heterocycles. The number of thiazole rings is 1. The van der Waals surface area contributed by atoms with Crippen molar-refractivity contribution in [3.8, 4) is 0 Å². The molecule has 1 fully saturated rings. The molecule has 1 atom stereocenters. The Labute approximate surface area is 115 Å². The summed E-state index contributed by atoms with van der Waals surface area (Å²) in [5, 5.41) is 6.94. The molecule has 102 valence electrons. The summed E-state index contributed by atoms with van der Waals surface area (Å²) in [6, 6.07) is 0.547. The van der Waals surface area contributed by atoms with E-state index >= 15 is 0 Å². The van der Waals surface area contributed by atoms with Crippen LogP contribution in [0.15, 0.2) is 11.6 Å². The van der Waals surface area contributed by atoms with E-state index in [0.29, 0.717) is 11.5 Å². The lowest BCUT2D eigenvalue weighted by molar-refractivity contribution is 0.0515. The van der Waals surface area contributed by atoms with Gasteiger partial charge >= 0.3 is 0 Å². The third-order valence-electron chi connectivity index (χ3n) is 3.97. The van der Waals surface area contributed by atoms with Crippen molar-refractivity contribution in [1.29, 1.82) is 0 Å². The third-order valence-corrected chi connectivity index (χ3v) is 5.05. The zero-order valence-electron chi connectivity index (χ0n) is 12.2. The normalized spacial score (nSPS) is 23.3. The maximum atomic E-state index is 4.51. The zero-order chi connectivity index (χ0) is 13.4. The summed E-state index contributed by atoms with van der Waals surface area (Å²) in [6.45, 7) is 14.8. The van der Waals surface area contributed by atoms with E-state index in [1.165, 1.54) is 5.01 Å². The van der Waals surface area contributed by atoms with E-state index in [4.69, 9.17) is 0 Å². The van der Waals surface area contributed by atoms with Gasteiger partial charge in [0.1, 0.15) is 5.01 Å². The first kappa shape index (κ1) is 14.0. The second-order valence-corrected chi connectivity index (χ2v) is 7.61. The smallest absolute Gasteiger partial charge is 0.112 e. The lowest BCUT2D eigenvalue weighted by Gasteiger charge is -2.46. The Balaban J connectivity index is 2.14. The summed E-state index contributed by atoms with van der Waals surface area (Å²) in [4.78, 5) is 7.07. The Morgan fingerprint density at radius 3 is 2.61 bits per heavy atom. The van der Waals surface area contributed by atoms with Crippen molar-refractivity contribution in [3.63, 3.8) is 0 Å². The average molecular weight is 267 g/mol. The molecule has 1 aliphatic rings. The van der Waals surface area contributed by atoms with Crippen molar-refractivity contribution >= 4 is 11.3 Å². The highest BCUT2D eigenvalue weighted by Gasteiger charge is 2.37. The van der Waals surface area contributed by atoms with Crippen molar-refractivity contribution < 1.29 is 0 Å². The number of aromatic nitrogens is 1. The van der Waals surface area contributed by atoms with E-state index in [1.54, 1.807) is 11.3 Å². The van der Waals surface area contributed by atoms with Gasteiger partial charge in [0, 0.05) is 37.3 Å². The molecule has 0 aromatic carbocycles. The molecule has 0 saturated carbocycles. The monoisotopic (exact) mass is 267 g/mol. The predicted molar refractivity (Wildman–Crippen MR) is 78.0 cm³/mol. The fourth-order valence-electron chi connectivity index (χ4n) is 2.50. The molecule has 0 bridgehead atoms. The van der Waals surface area contributed by atoms with Gasteiger partial charge in [-0.05, 0) is 19.3 Å². The maximum absolute atomic E-state index is 4.51. The summed E-state index contributed by atoms with van der Waals surface area (Å²) in [5.74, 6) is 0. The summed E-state index contributed by atoms with van der Waals surface area (Å²) in [6.07, 6.45) is 1.91. The molecule has 18 heavy (non-hydrogen) atoms. The van der Waals surface area contributed by atoms with Gasteiger partial charge in [-0.1, -0.05) is 20.8 Å². The van der Waals surface area contributed by atoms with Crippen LogP contribution in [0.4, 0.5) is 0 Å². The number of hydrogen-bond acceptors (Lipinski definition) is 4. The van der Waals surface area contributed by atoms with Gasteiger partial charge in [-0.3, -0.25) is 4.90 Å². The topological polar surface area (TPSA) is 28.2 Å². The minimum Gasteiger partial charge on any atom is -0.311 e. The molecule has 1 N–H and O–H groups in total. The Hall–Kier alpha value is -0.450. The van der Waals surface area contributed by atoms with Crippen LogP contribution in [-0.4, -0.2) is 35.6 Å². The van der Waals surface area contributed by atoms with Crippen molar-refractivity contribution in [1.82, 2.24) is 15.2 Å². The van der Waals surface area contributed by atoms with Crippen LogP contribution in [0.5, 0.6) is 0 Å². The number of piperazine rings is 1. The van der Waals surface area contributed by atoms with Crippen LogP contribution in [0.2, 0.25) is 0 Å². The van der Waals surface area contributed by atoms with Crippen LogP contribution in [0.1, 0.15) is 39.6 Å². The van der Waals surface area contributed by atoms with E-state index in [9.17, 15) is 0 Å². The lowest BCUT2D eigenvalue weighted by Crippen LogP contribution is -2.59. The van der Waals surface area contributed by atoms with Crippen LogP contribution in [0.25, 0.3) is 0 Å². The predicted octanol–water partition coefficient (Wildman–Crippen LogP) is 2.70. The van der Waals surface area contributed by atoms with E-state index in [-0.39, 0.29) is 5.54 Å². The van der Waals surface area contributed by atoms with Gasteiger partial charge in [0.15, 0.2) is 0 Å². The van der Waals surface area contributed by atoms with Gasteiger partial charge in [-0.25, -0.2) is 4.98 Å². The van der Waals surface area contributed by atoms with Crippen molar-refractivity contribution in [2.24, 2.45) is 5.41 Å². The molecule has 0 aliphatic carbocycles. The van der Waals surface area contributed by atoms with Crippen molar-refractivity contribution in [3.05, 3.63) is 16.6 Å². The molecule has 0 radical (unpaired) electrons. The average Bonchev–Trinajstić information content (AvgIpc) is 2.82. The van der Waals surface area contributed by atoms with E-state index in [2.05, 4.69) is 55.2 Å². The number of rotatable bonds is 2. The zero-order valence-corrected chi connectivity index (χ0v) is 13.0. The summed E-state index contributed by atoms with van der Waals surface area (Å²) in [5.41, 5.74) is 0.345. The highest BCUT2D eigenvalue weighted by atomic mass is 32.1. The Morgan fingerprint density at radius 1 is 1.33 bits per heavy atom. The molecule has 2 rings (SSSR count). The fraction of sp³-hybridized carbons (Fsp3) is 0.786. The first-order valence-electron chi connectivity index (χ1n) is 6.70. The molecular weight excluding hydrogens is 242 g/mol. The fourth-order valence-corrected chi connectivity index (χ4v) is 3.29. The largest absolute Gasteiger partial charge is 0.311 e. The first-order valence-corrected chi connectivity index (χ1v) is 7.58. The van der Waals surface area contributed by atoms with Crippen LogP contribution >= 0.6 is 11.3 Å². The molecule has 3 nitrogen and oxygen atoms in total. The molecule has 0 spiro atoms. The van der Waals surface area contributed by atoms with Gasteiger partial charge in [0.2, 0.25) is 0 Å². The minimum absolute atomic E-state index is 0.0414. The molecule has 1 aromatic heterocycles. The molecule has 0 amide bonds. The summed E-state index contributed by atoms with van der Waals surface area (Å²) < 4.78 is 0. The van der Waals surface area contributed by atoms with E-state index < -0.39 is 0 Å². The highest BCUT2D eigenvalue weighted by molar-refractivity contribution is 7.09. The van der Waals surface area contributed by atoms with Gasteiger partial charge < -0.3 is 5.32 Å². The first-order chi connectivity index (χ1) is 8.32. The van der Waals surface area contributed by atoms with Crippen LogP contribution < -0.4 is 5.32 Å². The second-order valence-electron chi connectivity index (χ2n) is 6.72. The number of nitrogens with zero attached hydrogens (tertiary/aromatic N) is 2. The second kappa shape index (κ2) is 4.91. The lowest BCUT2D eigenvalue weighted by atomic mass is 9.84. The van der Waals surface area contributed by atoms with Gasteiger partial charge in [0.05, 0.1) is 5.54 Å². The van der Waals surface area contributed by atoms with E-state index in [0.717, 1.165) is 19.6 Å². The SMILES string of the molecule is CC(C)(C)C1CN(C(C)(C)c2nccs2)CCN1. The van der Waals surface area contributed by atoms with Gasteiger partial charge in [-0.15, -0.1) is 11.3 Å². The Bertz CT molecular complexity index is 378. The third kappa shape index (κ3) is 2.76. The molecule has 1 unspecified atom stereocenters. The van der Waals surface area contributed by atoms with Crippen LogP contribution in [-0.2, 0) is 5.54 Å². The molecule has 4 heteroatoms. The summed E-state index contributed by atoms with van der Waals surface area (Å²) in [7, 11) is 0. The quantitative estimate of drug-likeness (QED) is 0.893. The standard InChI is InChI=1S/C14H25N3S/c1-13(2,3)11-10-17(8-6-15-11)14(4,5)12-16-7-9-18-12/h7,9,11,15H,6,8,10H2,1-5H3. The van der Waals surface area contributed by atoms with Crippen LogP contribution in [0.3, 0.4) is 0 Å². The highest BCUT2D eigenvalue weighted by Crippen LogP contribution is 2.32.